The second-order valence-electron chi connectivity index (χ2n) is 6.79. The minimum Gasteiger partial charge on any atom is -0.496 e. The quantitative estimate of drug-likeness (QED) is 0.385. The molecule has 1 unspecified atom stereocenters. The lowest BCUT2D eigenvalue weighted by molar-refractivity contribution is -0.117. The van der Waals surface area contributed by atoms with E-state index < -0.39 is 11.5 Å². The van der Waals surface area contributed by atoms with Gasteiger partial charge in [-0.2, -0.15) is 0 Å². The van der Waals surface area contributed by atoms with Crippen LogP contribution < -0.4 is 15.1 Å². The van der Waals surface area contributed by atoms with Crippen molar-refractivity contribution in [2.45, 2.75) is 39.5 Å². The number of carbonyl (C=O) groups is 2. The molecule has 31 heavy (non-hydrogen) atoms. The van der Waals surface area contributed by atoms with Crippen LogP contribution in [0.15, 0.2) is 51.7 Å². The summed E-state index contributed by atoms with van der Waals surface area (Å²) in [7, 11) is 3.02. The first-order valence-corrected chi connectivity index (χ1v) is 10.2. The van der Waals surface area contributed by atoms with E-state index in [1.165, 1.54) is 14.2 Å². The number of aryl methyl sites for hydroxylation is 1. The normalized spacial score (nSPS) is 11.3. The minimum atomic E-state index is -0.774. The predicted octanol–water partition coefficient (Wildman–Crippen LogP) is 4.69. The van der Waals surface area contributed by atoms with Gasteiger partial charge in [-0.15, -0.1) is 0 Å². The Morgan fingerprint density at radius 3 is 2.29 bits per heavy atom. The highest BCUT2D eigenvalue weighted by atomic mass is 16.5. The number of methoxy groups -OCH3 is 2. The molecule has 6 heteroatoms. The van der Waals surface area contributed by atoms with Gasteiger partial charge in [0.05, 0.1) is 31.1 Å². The maximum Gasteiger partial charge on any atom is 0.340 e. The summed E-state index contributed by atoms with van der Waals surface area (Å²) < 4.78 is 16.0. The van der Waals surface area contributed by atoms with Crippen molar-refractivity contribution in [1.82, 2.24) is 0 Å². The monoisotopic (exact) mass is 424 g/mol. The van der Waals surface area contributed by atoms with Crippen LogP contribution in [-0.4, -0.2) is 26.3 Å². The summed E-state index contributed by atoms with van der Waals surface area (Å²) in [5, 5.41) is 0.577. The van der Waals surface area contributed by atoms with Gasteiger partial charge in [-0.1, -0.05) is 38.1 Å². The van der Waals surface area contributed by atoms with Crippen LogP contribution in [0.4, 0.5) is 0 Å². The van der Waals surface area contributed by atoms with Crippen molar-refractivity contribution in [2.75, 3.05) is 14.2 Å². The minimum absolute atomic E-state index is 0.124. The molecule has 0 fully saturated rings. The average Bonchev–Trinajstić information content (AvgIpc) is 2.79. The zero-order valence-electron chi connectivity index (χ0n) is 18.6. The maximum atomic E-state index is 12.6. The Morgan fingerprint density at radius 1 is 1.06 bits per heavy atom. The molecule has 0 bridgehead atoms. The van der Waals surface area contributed by atoms with Crippen molar-refractivity contribution < 1.29 is 23.5 Å². The third kappa shape index (κ3) is 5.60. The smallest absolute Gasteiger partial charge is 0.340 e. The van der Waals surface area contributed by atoms with E-state index in [9.17, 15) is 14.4 Å². The number of ether oxygens (including phenoxy) is 2. The molecule has 0 aliphatic rings. The Balaban J connectivity index is 0.00000166. The third-order valence-corrected chi connectivity index (χ3v) is 4.85. The second-order valence-corrected chi connectivity index (χ2v) is 6.79. The predicted molar refractivity (Wildman–Crippen MR) is 120 cm³/mol. The molecule has 0 amide bonds. The molecule has 0 N–H and O–H groups in total. The maximum absolute atomic E-state index is 12.6. The van der Waals surface area contributed by atoms with Crippen LogP contribution in [0.2, 0.25) is 0 Å². The molecule has 1 atom stereocenters. The van der Waals surface area contributed by atoms with E-state index >= 15 is 0 Å². The molecular formula is C25H28O6. The van der Waals surface area contributed by atoms with Crippen molar-refractivity contribution in [2.24, 2.45) is 0 Å². The van der Waals surface area contributed by atoms with Gasteiger partial charge in [-0.25, -0.2) is 4.79 Å². The van der Waals surface area contributed by atoms with E-state index in [1.54, 1.807) is 37.3 Å². The van der Waals surface area contributed by atoms with Crippen LogP contribution in [0, 0.1) is 0 Å². The molecule has 3 aromatic rings. The number of aldehydes is 1. The van der Waals surface area contributed by atoms with Crippen molar-refractivity contribution in [3.05, 3.63) is 69.6 Å². The fourth-order valence-electron chi connectivity index (χ4n) is 3.22. The number of hydrogen-bond acceptors (Lipinski definition) is 6. The van der Waals surface area contributed by atoms with Crippen LogP contribution in [0.1, 0.15) is 49.8 Å². The summed E-state index contributed by atoms with van der Waals surface area (Å²) in [5.41, 5.74) is 1.62. The van der Waals surface area contributed by atoms with Crippen LogP contribution >= 0.6 is 0 Å². The molecule has 0 aliphatic heterocycles. The zero-order chi connectivity index (χ0) is 23.0. The molecule has 0 saturated heterocycles. The molecule has 1 heterocycles. The lowest BCUT2D eigenvalue weighted by Crippen LogP contribution is -2.15. The first-order chi connectivity index (χ1) is 15.0. The molecule has 6 nitrogen and oxygen atoms in total. The number of benzene rings is 2. The summed E-state index contributed by atoms with van der Waals surface area (Å²) in [5.74, 6) is 0.329. The van der Waals surface area contributed by atoms with Crippen molar-refractivity contribution in [1.29, 1.82) is 0 Å². The van der Waals surface area contributed by atoms with Crippen molar-refractivity contribution >= 4 is 23.0 Å². The van der Waals surface area contributed by atoms with Crippen LogP contribution in [-0.2, 0) is 16.0 Å². The van der Waals surface area contributed by atoms with Gasteiger partial charge in [0.1, 0.15) is 29.2 Å². The Bertz CT molecular complexity index is 1100. The van der Waals surface area contributed by atoms with Gasteiger partial charge in [0.15, 0.2) is 0 Å². The molecule has 3 rings (SSSR count). The fourth-order valence-corrected chi connectivity index (χ4v) is 3.22. The molecule has 2 aromatic carbocycles. The van der Waals surface area contributed by atoms with Crippen LogP contribution in [0.5, 0.6) is 11.5 Å². The Morgan fingerprint density at radius 2 is 1.74 bits per heavy atom. The van der Waals surface area contributed by atoms with Crippen molar-refractivity contribution in [3.63, 3.8) is 0 Å². The lowest BCUT2D eigenvalue weighted by Gasteiger charge is -2.13. The molecule has 1 aromatic heterocycles. The highest BCUT2D eigenvalue weighted by Crippen LogP contribution is 2.33. The van der Waals surface area contributed by atoms with E-state index in [-0.39, 0.29) is 11.3 Å². The summed E-state index contributed by atoms with van der Waals surface area (Å²) >= 11 is 0. The summed E-state index contributed by atoms with van der Waals surface area (Å²) in [4.78, 5) is 35.6. The van der Waals surface area contributed by atoms with E-state index in [2.05, 4.69) is 0 Å². The van der Waals surface area contributed by atoms with Crippen molar-refractivity contribution in [3.8, 4) is 11.5 Å². The third-order valence-electron chi connectivity index (χ3n) is 4.85. The number of Topliss-reactive ketones (excluding diaryl/α,β-unsaturated/α-hetero) is 1. The Kier molecular flexibility index (Phi) is 8.55. The standard InChI is InChI=1S/C23H22O6.C2H6/c1-14(25)4-5-15-6-8-16(9-7-15)20(13-24)18-12-19-21(28-3)10-17(27-2)11-22(19)29-23(18)26;1-2/h6-13,20H,4-5H2,1-3H3;1-2H3. The lowest BCUT2D eigenvalue weighted by atomic mass is 9.92. The molecular weight excluding hydrogens is 396 g/mol. The van der Waals surface area contributed by atoms with Gasteiger partial charge in [0.2, 0.25) is 0 Å². The largest absolute Gasteiger partial charge is 0.496 e. The second kappa shape index (κ2) is 11.1. The number of rotatable bonds is 8. The van der Waals surface area contributed by atoms with Gasteiger partial charge in [-0.3, -0.25) is 0 Å². The molecule has 0 saturated carbocycles. The van der Waals surface area contributed by atoms with E-state index in [0.717, 1.165) is 11.8 Å². The molecule has 0 radical (unpaired) electrons. The van der Waals surface area contributed by atoms with Crippen LogP contribution in [0.3, 0.4) is 0 Å². The molecule has 0 aliphatic carbocycles. The Hall–Kier alpha value is -3.41. The van der Waals surface area contributed by atoms with Gasteiger partial charge in [0.25, 0.3) is 0 Å². The van der Waals surface area contributed by atoms with Gasteiger partial charge >= 0.3 is 5.63 Å². The number of ketones is 1. The molecule has 0 spiro atoms. The average molecular weight is 424 g/mol. The SMILES string of the molecule is CC.COc1cc(OC)c2cc(C(C=O)c3ccc(CCC(C)=O)cc3)c(=O)oc2c1. The topological polar surface area (TPSA) is 82.8 Å². The van der Waals surface area contributed by atoms with Gasteiger partial charge in [-0.05, 0) is 30.5 Å². The van der Waals surface area contributed by atoms with E-state index in [4.69, 9.17) is 13.9 Å². The summed E-state index contributed by atoms with van der Waals surface area (Å²) in [6, 6.07) is 12.2. The highest BCUT2D eigenvalue weighted by Gasteiger charge is 2.20. The summed E-state index contributed by atoms with van der Waals surface area (Å²) in [6.07, 6.45) is 1.82. The van der Waals surface area contributed by atoms with Gasteiger partial charge in [0, 0.05) is 18.6 Å². The summed E-state index contributed by atoms with van der Waals surface area (Å²) in [6.45, 7) is 5.56. The number of fused-ring (bicyclic) bond motifs is 1. The first-order valence-electron chi connectivity index (χ1n) is 10.2. The van der Waals surface area contributed by atoms with Gasteiger partial charge < -0.3 is 23.5 Å². The highest BCUT2D eigenvalue weighted by molar-refractivity contribution is 5.86. The van der Waals surface area contributed by atoms with E-state index in [0.29, 0.717) is 40.9 Å². The first kappa shape index (κ1) is 23.9. The van der Waals surface area contributed by atoms with Crippen LogP contribution in [0.25, 0.3) is 11.0 Å². The fraction of sp³-hybridized carbons (Fsp3) is 0.320. The van der Waals surface area contributed by atoms with E-state index in [1.807, 2.05) is 26.0 Å². The molecule has 164 valence electrons. The Labute approximate surface area is 181 Å². The zero-order valence-corrected chi connectivity index (χ0v) is 18.6. The number of carbonyl (C=O) groups excluding carboxylic acids is 2. The number of hydrogen-bond donors (Lipinski definition) is 0.